The molecule has 3 atom stereocenters. The zero-order chi connectivity index (χ0) is 14.8. The molecule has 3 unspecified atom stereocenters. The highest BCUT2D eigenvalue weighted by atomic mass is 16.5. The van der Waals surface area contributed by atoms with E-state index in [4.69, 9.17) is 10.5 Å². The molecule has 2 aliphatic rings. The Morgan fingerprint density at radius 3 is 2.35 bits per heavy atom. The number of nitrogens with two attached hydrogens (primary N) is 1. The number of hydrogen-bond acceptors (Lipinski definition) is 3. The smallest absolute Gasteiger partial charge is 0.326 e. The van der Waals surface area contributed by atoms with Gasteiger partial charge in [0, 0.05) is 0 Å². The molecule has 0 aliphatic heterocycles. The molecule has 0 aromatic rings. The second-order valence-corrected chi connectivity index (χ2v) is 7.30. The monoisotopic (exact) mass is 281 g/mol. The van der Waals surface area contributed by atoms with Crippen LogP contribution in [0.5, 0.6) is 0 Å². The van der Waals surface area contributed by atoms with E-state index in [0.717, 1.165) is 56.8 Å². The third kappa shape index (κ3) is 3.55. The fraction of sp³-hybridized carbons (Fsp3) is 0.941. The van der Waals surface area contributed by atoms with Crippen LogP contribution in [0.2, 0.25) is 0 Å². The first-order valence-corrected chi connectivity index (χ1v) is 8.44. The normalized spacial score (nSPS) is 42.2. The standard InChI is InChI=1S/C17H31NO2/c1-4-14-7-9-17(18,10-8-14)16(19)20-15-6-5-12(2)13(3)11-15/h12-15H,4-11,18H2,1-3H3. The Balaban J connectivity index is 1.85. The van der Waals surface area contributed by atoms with Crippen molar-refractivity contribution < 1.29 is 9.53 Å². The highest BCUT2D eigenvalue weighted by Gasteiger charge is 2.40. The van der Waals surface area contributed by atoms with Crippen molar-refractivity contribution in [3.63, 3.8) is 0 Å². The van der Waals surface area contributed by atoms with Gasteiger partial charge >= 0.3 is 5.97 Å². The third-order valence-corrected chi connectivity index (χ3v) is 5.81. The molecular weight excluding hydrogens is 250 g/mol. The van der Waals surface area contributed by atoms with Gasteiger partial charge in [-0.1, -0.05) is 27.2 Å². The van der Waals surface area contributed by atoms with E-state index in [0.29, 0.717) is 5.92 Å². The third-order valence-electron chi connectivity index (χ3n) is 5.81. The Kier molecular flexibility index (Phi) is 5.11. The number of rotatable bonds is 3. The van der Waals surface area contributed by atoms with E-state index in [2.05, 4.69) is 20.8 Å². The van der Waals surface area contributed by atoms with Gasteiger partial charge in [-0.3, -0.25) is 4.79 Å². The van der Waals surface area contributed by atoms with Gasteiger partial charge in [-0.15, -0.1) is 0 Å². The Morgan fingerprint density at radius 1 is 1.15 bits per heavy atom. The summed E-state index contributed by atoms with van der Waals surface area (Å²) in [5.74, 6) is 2.00. The van der Waals surface area contributed by atoms with Crippen LogP contribution in [-0.4, -0.2) is 17.6 Å². The van der Waals surface area contributed by atoms with Gasteiger partial charge in [0.2, 0.25) is 0 Å². The minimum atomic E-state index is -0.710. The zero-order valence-corrected chi connectivity index (χ0v) is 13.4. The maximum atomic E-state index is 12.4. The fourth-order valence-corrected chi connectivity index (χ4v) is 3.68. The number of esters is 1. The summed E-state index contributed by atoms with van der Waals surface area (Å²) in [4.78, 5) is 12.4. The summed E-state index contributed by atoms with van der Waals surface area (Å²) in [6.07, 6.45) is 8.19. The predicted molar refractivity (Wildman–Crippen MR) is 81.2 cm³/mol. The van der Waals surface area contributed by atoms with E-state index < -0.39 is 5.54 Å². The molecule has 3 nitrogen and oxygen atoms in total. The van der Waals surface area contributed by atoms with Crippen LogP contribution in [0.3, 0.4) is 0 Å². The molecule has 2 rings (SSSR count). The van der Waals surface area contributed by atoms with Crippen molar-refractivity contribution in [1.29, 1.82) is 0 Å². The second-order valence-electron chi connectivity index (χ2n) is 7.30. The van der Waals surface area contributed by atoms with Gasteiger partial charge in [-0.05, 0) is 62.7 Å². The second kappa shape index (κ2) is 6.46. The highest BCUT2D eigenvalue weighted by molar-refractivity contribution is 5.80. The molecule has 0 radical (unpaired) electrons. The predicted octanol–water partition coefficient (Wildman–Crippen LogP) is 3.65. The molecule has 2 fully saturated rings. The molecule has 0 amide bonds. The van der Waals surface area contributed by atoms with Crippen LogP contribution < -0.4 is 5.73 Å². The Labute approximate surface area is 123 Å². The van der Waals surface area contributed by atoms with Crippen molar-refractivity contribution in [3.8, 4) is 0 Å². The largest absolute Gasteiger partial charge is 0.461 e. The number of ether oxygens (including phenoxy) is 1. The molecule has 2 saturated carbocycles. The molecule has 0 saturated heterocycles. The van der Waals surface area contributed by atoms with Crippen molar-refractivity contribution in [2.45, 2.75) is 83.8 Å². The van der Waals surface area contributed by atoms with Crippen LogP contribution in [0, 0.1) is 17.8 Å². The highest BCUT2D eigenvalue weighted by Crippen LogP contribution is 2.35. The van der Waals surface area contributed by atoms with Gasteiger partial charge in [0.25, 0.3) is 0 Å². The van der Waals surface area contributed by atoms with Crippen molar-refractivity contribution in [3.05, 3.63) is 0 Å². The van der Waals surface area contributed by atoms with Crippen molar-refractivity contribution >= 4 is 5.97 Å². The lowest BCUT2D eigenvalue weighted by Gasteiger charge is -2.37. The van der Waals surface area contributed by atoms with E-state index in [-0.39, 0.29) is 12.1 Å². The van der Waals surface area contributed by atoms with Crippen molar-refractivity contribution in [2.75, 3.05) is 0 Å². The molecule has 0 heterocycles. The molecule has 116 valence electrons. The van der Waals surface area contributed by atoms with Gasteiger partial charge < -0.3 is 10.5 Å². The molecule has 2 N–H and O–H groups in total. The average Bonchev–Trinajstić information content (AvgIpc) is 2.44. The summed E-state index contributed by atoms with van der Waals surface area (Å²) in [6.45, 7) is 6.77. The summed E-state index contributed by atoms with van der Waals surface area (Å²) in [7, 11) is 0. The topological polar surface area (TPSA) is 52.3 Å². The van der Waals surface area contributed by atoms with E-state index in [1.807, 2.05) is 0 Å². The molecule has 20 heavy (non-hydrogen) atoms. The first kappa shape index (κ1) is 15.8. The summed E-state index contributed by atoms with van der Waals surface area (Å²) in [5, 5.41) is 0. The van der Waals surface area contributed by atoms with Crippen LogP contribution in [0.25, 0.3) is 0 Å². The SMILES string of the molecule is CCC1CCC(N)(C(=O)OC2CCC(C)C(C)C2)CC1. The summed E-state index contributed by atoms with van der Waals surface area (Å²) in [5.41, 5.74) is 5.61. The Morgan fingerprint density at radius 2 is 1.80 bits per heavy atom. The maximum absolute atomic E-state index is 12.4. The zero-order valence-electron chi connectivity index (χ0n) is 13.4. The Hall–Kier alpha value is -0.570. The quantitative estimate of drug-likeness (QED) is 0.803. The summed E-state index contributed by atoms with van der Waals surface area (Å²) >= 11 is 0. The molecule has 0 aromatic carbocycles. The molecule has 2 aliphatic carbocycles. The van der Waals surface area contributed by atoms with Crippen LogP contribution in [0.1, 0.15) is 72.1 Å². The van der Waals surface area contributed by atoms with E-state index >= 15 is 0 Å². The maximum Gasteiger partial charge on any atom is 0.326 e. The summed E-state index contributed by atoms with van der Waals surface area (Å²) < 4.78 is 5.76. The summed E-state index contributed by atoms with van der Waals surface area (Å²) in [6, 6.07) is 0. The van der Waals surface area contributed by atoms with Gasteiger partial charge in [-0.2, -0.15) is 0 Å². The lowest BCUT2D eigenvalue weighted by atomic mass is 9.76. The lowest BCUT2D eigenvalue weighted by molar-refractivity contribution is -0.160. The number of carbonyl (C=O) groups is 1. The van der Waals surface area contributed by atoms with Crippen LogP contribution >= 0.6 is 0 Å². The molecule has 3 heteroatoms. The van der Waals surface area contributed by atoms with Gasteiger partial charge in [0.05, 0.1) is 0 Å². The van der Waals surface area contributed by atoms with E-state index in [1.54, 1.807) is 0 Å². The van der Waals surface area contributed by atoms with Crippen LogP contribution in [0.15, 0.2) is 0 Å². The van der Waals surface area contributed by atoms with Crippen molar-refractivity contribution in [2.24, 2.45) is 23.5 Å². The number of carbonyl (C=O) groups excluding carboxylic acids is 1. The Bertz CT molecular complexity index is 334. The van der Waals surface area contributed by atoms with Crippen LogP contribution in [0.4, 0.5) is 0 Å². The first-order chi connectivity index (χ1) is 9.44. The van der Waals surface area contributed by atoms with Gasteiger partial charge in [-0.25, -0.2) is 0 Å². The molecule has 0 bridgehead atoms. The molecule has 0 aromatic heterocycles. The lowest BCUT2D eigenvalue weighted by Crippen LogP contribution is -2.52. The average molecular weight is 281 g/mol. The minimum absolute atomic E-state index is 0.0954. The van der Waals surface area contributed by atoms with E-state index in [9.17, 15) is 4.79 Å². The molecular formula is C17H31NO2. The number of hydrogen-bond donors (Lipinski definition) is 1. The first-order valence-electron chi connectivity index (χ1n) is 8.44. The van der Waals surface area contributed by atoms with Crippen molar-refractivity contribution in [1.82, 2.24) is 0 Å². The van der Waals surface area contributed by atoms with Gasteiger partial charge in [0.15, 0.2) is 0 Å². The minimum Gasteiger partial charge on any atom is -0.461 e. The van der Waals surface area contributed by atoms with Crippen LogP contribution in [-0.2, 0) is 9.53 Å². The fourth-order valence-electron chi connectivity index (χ4n) is 3.68. The van der Waals surface area contributed by atoms with E-state index in [1.165, 1.54) is 6.42 Å². The molecule has 0 spiro atoms. The van der Waals surface area contributed by atoms with Gasteiger partial charge in [0.1, 0.15) is 11.6 Å².